The van der Waals surface area contributed by atoms with Crippen molar-refractivity contribution in [3.05, 3.63) is 28.2 Å². The van der Waals surface area contributed by atoms with Crippen molar-refractivity contribution in [3.63, 3.8) is 0 Å². The molecule has 0 spiro atoms. The topological polar surface area (TPSA) is 74.7 Å². The Bertz CT molecular complexity index is 662. The zero-order valence-corrected chi connectivity index (χ0v) is 13.6. The summed E-state index contributed by atoms with van der Waals surface area (Å²) >= 11 is 11.8. The molecular weight excluding hydrogens is 337 g/mol. The van der Waals surface area contributed by atoms with Crippen molar-refractivity contribution in [3.8, 4) is 0 Å². The number of aliphatic carboxylic acids is 1. The normalized spacial score (nSPS) is 24.0. The molecule has 0 radical (unpaired) electrons. The van der Waals surface area contributed by atoms with Crippen LogP contribution in [0, 0.1) is 5.92 Å². The van der Waals surface area contributed by atoms with Crippen molar-refractivity contribution >= 4 is 39.2 Å². The van der Waals surface area contributed by atoms with Crippen LogP contribution in [0.15, 0.2) is 23.1 Å². The number of carboxylic acids is 1. The second kappa shape index (κ2) is 6.12. The fraction of sp³-hybridized carbons (Fsp3) is 0.462. The van der Waals surface area contributed by atoms with Gasteiger partial charge in [-0.15, -0.1) is 0 Å². The highest BCUT2D eigenvalue weighted by Crippen LogP contribution is 2.32. The van der Waals surface area contributed by atoms with Crippen LogP contribution in [-0.2, 0) is 14.8 Å². The fourth-order valence-corrected chi connectivity index (χ4v) is 4.86. The van der Waals surface area contributed by atoms with Gasteiger partial charge >= 0.3 is 5.97 Å². The minimum Gasteiger partial charge on any atom is -0.481 e. The van der Waals surface area contributed by atoms with Crippen LogP contribution in [0.5, 0.6) is 0 Å². The molecule has 116 valence electrons. The summed E-state index contributed by atoms with van der Waals surface area (Å²) in [5, 5.41) is 9.44. The number of rotatable bonds is 3. The molecule has 8 heteroatoms. The molecule has 1 aliphatic heterocycles. The highest BCUT2D eigenvalue weighted by molar-refractivity contribution is 7.89. The molecule has 1 heterocycles. The molecule has 0 aliphatic carbocycles. The van der Waals surface area contributed by atoms with Crippen molar-refractivity contribution < 1.29 is 18.3 Å². The summed E-state index contributed by atoms with van der Waals surface area (Å²) in [6.07, 6.45) is 0.959. The minimum absolute atomic E-state index is 0.0539. The van der Waals surface area contributed by atoms with E-state index in [1.54, 1.807) is 6.92 Å². The number of hydrogen-bond acceptors (Lipinski definition) is 3. The van der Waals surface area contributed by atoms with E-state index in [0.717, 1.165) is 0 Å². The maximum atomic E-state index is 12.7. The molecule has 0 saturated carbocycles. The van der Waals surface area contributed by atoms with E-state index in [1.165, 1.54) is 22.5 Å². The lowest BCUT2D eigenvalue weighted by Gasteiger charge is -2.35. The number of piperidine rings is 1. The first kappa shape index (κ1) is 16.5. The number of sulfonamides is 1. The summed E-state index contributed by atoms with van der Waals surface area (Å²) in [7, 11) is -3.88. The average molecular weight is 352 g/mol. The van der Waals surface area contributed by atoms with Gasteiger partial charge in [0.05, 0.1) is 10.9 Å². The average Bonchev–Trinajstić information content (AvgIpc) is 2.41. The molecule has 1 aromatic rings. The van der Waals surface area contributed by atoms with Gasteiger partial charge in [-0.1, -0.05) is 23.2 Å². The number of carboxylic acid groups (broad SMARTS) is 1. The van der Waals surface area contributed by atoms with Gasteiger partial charge in [0.25, 0.3) is 0 Å². The fourth-order valence-electron chi connectivity index (χ4n) is 2.41. The summed E-state index contributed by atoms with van der Waals surface area (Å²) < 4.78 is 26.7. The Morgan fingerprint density at radius 2 is 2.00 bits per heavy atom. The largest absolute Gasteiger partial charge is 0.481 e. The quantitative estimate of drug-likeness (QED) is 0.908. The van der Waals surface area contributed by atoms with Crippen molar-refractivity contribution in [2.24, 2.45) is 5.92 Å². The Kier molecular flexibility index (Phi) is 4.82. The minimum atomic E-state index is -3.88. The summed E-state index contributed by atoms with van der Waals surface area (Å²) in [4.78, 5) is 11.0. The Balaban J connectivity index is 2.42. The van der Waals surface area contributed by atoms with E-state index in [1.807, 2.05) is 0 Å². The second-order valence-corrected chi connectivity index (χ2v) is 7.81. The lowest BCUT2D eigenvalue weighted by Crippen LogP contribution is -2.47. The molecule has 1 saturated heterocycles. The predicted molar refractivity (Wildman–Crippen MR) is 80.2 cm³/mol. The van der Waals surface area contributed by atoms with E-state index in [-0.39, 0.29) is 27.5 Å². The molecule has 1 fully saturated rings. The summed E-state index contributed by atoms with van der Waals surface area (Å²) in [6.45, 7) is 1.70. The Morgan fingerprint density at radius 1 is 1.33 bits per heavy atom. The highest BCUT2D eigenvalue weighted by atomic mass is 35.5. The standard InChI is InChI=1S/C13H15Cl2NO4S/c1-8-2-3-9(13(17)18)7-16(8)21(19,20)12-6-10(14)4-5-11(12)15/h4-6,8-9H,2-3,7H2,1H3,(H,17,18). The number of hydrogen-bond donors (Lipinski definition) is 1. The van der Waals surface area contributed by atoms with Gasteiger partial charge in [-0.2, -0.15) is 4.31 Å². The Morgan fingerprint density at radius 3 is 2.62 bits per heavy atom. The Labute approximate surface area is 133 Å². The van der Waals surface area contributed by atoms with E-state index in [2.05, 4.69) is 0 Å². The van der Waals surface area contributed by atoms with Crippen LogP contribution in [0.1, 0.15) is 19.8 Å². The van der Waals surface area contributed by atoms with Gasteiger partial charge in [0.15, 0.2) is 0 Å². The van der Waals surface area contributed by atoms with E-state index in [9.17, 15) is 13.2 Å². The summed E-state index contributed by atoms with van der Waals surface area (Å²) in [5.74, 6) is -1.69. The number of carbonyl (C=O) groups is 1. The SMILES string of the molecule is CC1CCC(C(=O)O)CN1S(=O)(=O)c1cc(Cl)ccc1Cl. The molecule has 1 aliphatic rings. The summed E-state index contributed by atoms with van der Waals surface area (Å²) in [6, 6.07) is 3.93. The monoisotopic (exact) mass is 351 g/mol. The molecular formula is C13H15Cl2NO4S. The zero-order valence-electron chi connectivity index (χ0n) is 11.3. The maximum absolute atomic E-state index is 12.7. The predicted octanol–water partition coefficient (Wildman–Crippen LogP) is 2.87. The number of benzene rings is 1. The molecule has 2 atom stereocenters. The van der Waals surface area contributed by atoms with Crippen molar-refractivity contribution in [1.29, 1.82) is 0 Å². The van der Waals surface area contributed by atoms with Crippen molar-refractivity contribution in [1.82, 2.24) is 4.31 Å². The molecule has 5 nitrogen and oxygen atoms in total. The van der Waals surface area contributed by atoms with Gasteiger partial charge in [0.1, 0.15) is 4.90 Å². The lowest BCUT2D eigenvalue weighted by atomic mass is 9.96. The van der Waals surface area contributed by atoms with E-state index in [0.29, 0.717) is 12.8 Å². The van der Waals surface area contributed by atoms with Crippen LogP contribution in [0.3, 0.4) is 0 Å². The molecule has 0 aromatic heterocycles. The molecule has 2 unspecified atom stereocenters. The smallest absolute Gasteiger partial charge is 0.307 e. The summed E-state index contributed by atoms with van der Waals surface area (Å²) in [5.41, 5.74) is 0. The zero-order chi connectivity index (χ0) is 15.8. The first-order valence-corrected chi connectivity index (χ1v) is 8.62. The van der Waals surface area contributed by atoms with Gasteiger partial charge in [-0.05, 0) is 38.0 Å². The lowest BCUT2D eigenvalue weighted by molar-refractivity contribution is -0.143. The number of halogens is 2. The first-order chi connectivity index (χ1) is 9.73. The molecule has 1 aromatic carbocycles. The molecule has 0 amide bonds. The third kappa shape index (κ3) is 3.34. The number of nitrogens with zero attached hydrogens (tertiary/aromatic N) is 1. The van der Waals surface area contributed by atoms with Crippen LogP contribution in [0.4, 0.5) is 0 Å². The Hall–Kier alpha value is -0.820. The van der Waals surface area contributed by atoms with Gasteiger partial charge in [-0.25, -0.2) is 8.42 Å². The van der Waals surface area contributed by atoms with Gasteiger partial charge in [-0.3, -0.25) is 4.79 Å². The van der Waals surface area contributed by atoms with Gasteiger partial charge < -0.3 is 5.11 Å². The molecule has 0 bridgehead atoms. The highest BCUT2D eigenvalue weighted by Gasteiger charge is 2.38. The van der Waals surface area contributed by atoms with Gasteiger partial charge in [0, 0.05) is 17.6 Å². The molecule has 21 heavy (non-hydrogen) atoms. The first-order valence-electron chi connectivity index (χ1n) is 6.43. The molecule has 1 N–H and O–H groups in total. The van der Waals surface area contributed by atoms with Crippen LogP contribution < -0.4 is 0 Å². The molecule has 2 rings (SSSR count). The van der Waals surface area contributed by atoms with Crippen molar-refractivity contribution in [2.75, 3.05) is 6.54 Å². The van der Waals surface area contributed by atoms with Crippen molar-refractivity contribution in [2.45, 2.75) is 30.7 Å². The second-order valence-electron chi connectivity index (χ2n) is 5.11. The van der Waals surface area contributed by atoms with Crippen LogP contribution in [0.2, 0.25) is 10.0 Å². The van der Waals surface area contributed by atoms with Gasteiger partial charge in [0.2, 0.25) is 10.0 Å². The van der Waals surface area contributed by atoms with Crippen LogP contribution >= 0.6 is 23.2 Å². The van der Waals surface area contributed by atoms with E-state index >= 15 is 0 Å². The third-order valence-electron chi connectivity index (χ3n) is 3.65. The van der Waals surface area contributed by atoms with E-state index < -0.39 is 21.9 Å². The van der Waals surface area contributed by atoms with Crippen LogP contribution in [0.25, 0.3) is 0 Å². The maximum Gasteiger partial charge on any atom is 0.307 e. The van der Waals surface area contributed by atoms with E-state index in [4.69, 9.17) is 28.3 Å². The van der Waals surface area contributed by atoms with Crippen LogP contribution in [-0.4, -0.2) is 36.4 Å². The third-order valence-corrected chi connectivity index (χ3v) is 6.35.